The molecule has 0 aromatic carbocycles. The van der Waals surface area contributed by atoms with Crippen LogP contribution in [-0.4, -0.2) is 59.0 Å². The van der Waals surface area contributed by atoms with Gasteiger partial charge >= 0.3 is 0 Å². The lowest BCUT2D eigenvalue weighted by Gasteiger charge is -2.47. The molecule has 3 rings (SSSR count). The molecule has 2 atom stereocenters. The SMILES string of the molecule is N#CC1(C(=O)N2CC[C@@H]3[C@@H](CCC(=O)N3CCCCO)C2)CC1. The van der Waals surface area contributed by atoms with Crippen LogP contribution in [0.25, 0.3) is 0 Å². The number of rotatable bonds is 5. The van der Waals surface area contributed by atoms with Crippen LogP contribution in [0.1, 0.15) is 44.9 Å². The number of fused-ring (bicyclic) bond motifs is 1. The molecule has 6 heteroatoms. The summed E-state index contributed by atoms with van der Waals surface area (Å²) in [5.41, 5.74) is -0.738. The predicted molar refractivity (Wildman–Crippen MR) is 83.0 cm³/mol. The number of unbranched alkanes of at least 4 members (excludes halogenated alkanes) is 1. The number of likely N-dealkylation sites (tertiary alicyclic amines) is 2. The van der Waals surface area contributed by atoms with Gasteiger partial charge in [0.15, 0.2) is 0 Å². The van der Waals surface area contributed by atoms with Crippen LogP contribution in [0.4, 0.5) is 0 Å². The molecule has 1 saturated carbocycles. The number of nitrogens with zero attached hydrogens (tertiary/aromatic N) is 3. The van der Waals surface area contributed by atoms with Gasteiger partial charge in [-0.05, 0) is 44.4 Å². The van der Waals surface area contributed by atoms with E-state index in [2.05, 4.69) is 6.07 Å². The molecule has 0 bridgehead atoms. The predicted octanol–water partition coefficient (Wildman–Crippen LogP) is 0.902. The fraction of sp³-hybridized carbons (Fsp3) is 0.824. The maximum absolute atomic E-state index is 12.5. The van der Waals surface area contributed by atoms with Crippen molar-refractivity contribution in [2.45, 2.75) is 51.0 Å². The van der Waals surface area contributed by atoms with E-state index >= 15 is 0 Å². The van der Waals surface area contributed by atoms with E-state index in [0.29, 0.717) is 44.8 Å². The summed E-state index contributed by atoms with van der Waals surface area (Å²) >= 11 is 0. The van der Waals surface area contributed by atoms with Gasteiger partial charge < -0.3 is 14.9 Å². The highest BCUT2D eigenvalue weighted by molar-refractivity contribution is 5.88. The Bertz CT molecular complexity index is 524. The Morgan fingerprint density at radius 3 is 2.78 bits per heavy atom. The van der Waals surface area contributed by atoms with Crippen molar-refractivity contribution in [2.75, 3.05) is 26.2 Å². The first kappa shape index (κ1) is 16.3. The van der Waals surface area contributed by atoms with Crippen molar-refractivity contribution < 1.29 is 14.7 Å². The van der Waals surface area contributed by atoms with Gasteiger partial charge in [-0.3, -0.25) is 9.59 Å². The minimum Gasteiger partial charge on any atom is -0.396 e. The fourth-order valence-corrected chi connectivity index (χ4v) is 4.02. The van der Waals surface area contributed by atoms with Crippen molar-refractivity contribution in [1.82, 2.24) is 9.80 Å². The van der Waals surface area contributed by atoms with Crippen LogP contribution in [0.2, 0.25) is 0 Å². The number of hydrogen-bond donors (Lipinski definition) is 1. The van der Waals surface area contributed by atoms with Crippen LogP contribution in [0, 0.1) is 22.7 Å². The van der Waals surface area contributed by atoms with Crippen LogP contribution in [0.5, 0.6) is 0 Å². The van der Waals surface area contributed by atoms with E-state index in [1.807, 2.05) is 9.80 Å². The fourth-order valence-electron chi connectivity index (χ4n) is 4.02. The van der Waals surface area contributed by atoms with Crippen LogP contribution < -0.4 is 0 Å². The first-order valence-corrected chi connectivity index (χ1v) is 8.72. The first-order chi connectivity index (χ1) is 11.1. The minimum atomic E-state index is -0.738. The molecule has 2 heterocycles. The molecule has 126 valence electrons. The Balaban J connectivity index is 1.62. The van der Waals surface area contributed by atoms with Gasteiger partial charge in [0.25, 0.3) is 0 Å². The van der Waals surface area contributed by atoms with Crippen molar-refractivity contribution >= 4 is 11.8 Å². The number of piperidine rings is 2. The zero-order chi connectivity index (χ0) is 16.4. The third kappa shape index (κ3) is 3.07. The molecular weight excluding hydrogens is 294 g/mol. The van der Waals surface area contributed by atoms with Gasteiger partial charge in [-0.25, -0.2) is 0 Å². The molecule has 3 fully saturated rings. The smallest absolute Gasteiger partial charge is 0.243 e. The second-order valence-electron chi connectivity index (χ2n) is 7.12. The number of carbonyl (C=O) groups excluding carboxylic acids is 2. The topological polar surface area (TPSA) is 84.6 Å². The Morgan fingerprint density at radius 2 is 2.13 bits per heavy atom. The Hall–Kier alpha value is -1.61. The van der Waals surface area contributed by atoms with Gasteiger partial charge in [0.2, 0.25) is 11.8 Å². The van der Waals surface area contributed by atoms with Crippen molar-refractivity contribution in [3.8, 4) is 6.07 Å². The van der Waals surface area contributed by atoms with Crippen LogP contribution in [0.15, 0.2) is 0 Å². The monoisotopic (exact) mass is 319 g/mol. The normalized spacial score (nSPS) is 29.0. The second kappa shape index (κ2) is 6.48. The highest BCUT2D eigenvalue weighted by Gasteiger charge is 2.53. The van der Waals surface area contributed by atoms with Gasteiger partial charge in [-0.2, -0.15) is 5.26 Å². The first-order valence-electron chi connectivity index (χ1n) is 8.72. The number of aliphatic hydroxyl groups is 1. The average molecular weight is 319 g/mol. The molecule has 0 unspecified atom stereocenters. The van der Waals surface area contributed by atoms with Gasteiger partial charge in [0.05, 0.1) is 6.07 Å². The lowest BCUT2D eigenvalue weighted by molar-refractivity contribution is -0.145. The van der Waals surface area contributed by atoms with E-state index < -0.39 is 5.41 Å². The summed E-state index contributed by atoms with van der Waals surface area (Å²) in [6, 6.07) is 2.41. The standard InChI is InChI=1S/C17H25N3O3/c18-12-17(6-7-17)16(23)19-9-5-14-13(11-19)3-4-15(22)20(14)8-1-2-10-21/h13-14,21H,1-11H2/t13-,14+/m0/s1. The lowest BCUT2D eigenvalue weighted by atomic mass is 9.83. The number of aliphatic hydroxyl groups excluding tert-OH is 1. The largest absolute Gasteiger partial charge is 0.396 e. The molecular formula is C17H25N3O3. The molecule has 6 nitrogen and oxygen atoms in total. The van der Waals surface area contributed by atoms with Crippen molar-refractivity contribution in [3.05, 3.63) is 0 Å². The van der Waals surface area contributed by atoms with Gasteiger partial charge in [0, 0.05) is 38.7 Å². The average Bonchev–Trinajstić information content (AvgIpc) is 3.37. The molecule has 0 aromatic rings. The zero-order valence-electron chi connectivity index (χ0n) is 13.5. The van der Waals surface area contributed by atoms with E-state index in [1.54, 1.807) is 0 Å². The maximum Gasteiger partial charge on any atom is 0.243 e. The van der Waals surface area contributed by atoms with Crippen molar-refractivity contribution in [3.63, 3.8) is 0 Å². The molecule has 1 N–H and O–H groups in total. The van der Waals surface area contributed by atoms with Crippen molar-refractivity contribution in [2.24, 2.45) is 11.3 Å². The van der Waals surface area contributed by atoms with Crippen molar-refractivity contribution in [1.29, 1.82) is 5.26 Å². The molecule has 0 aromatic heterocycles. The van der Waals surface area contributed by atoms with E-state index in [1.165, 1.54) is 0 Å². The van der Waals surface area contributed by atoms with E-state index in [-0.39, 0.29) is 24.5 Å². The third-order valence-corrected chi connectivity index (χ3v) is 5.61. The van der Waals surface area contributed by atoms with Crippen LogP contribution in [0.3, 0.4) is 0 Å². The highest BCUT2D eigenvalue weighted by Crippen LogP contribution is 2.47. The molecule has 2 aliphatic heterocycles. The number of nitriles is 1. The van der Waals surface area contributed by atoms with E-state index in [4.69, 9.17) is 5.11 Å². The quantitative estimate of drug-likeness (QED) is 0.763. The summed E-state index contributed by atoms with van der Waals surface area (Å²) < 4.78 is 0. The van der Waals surface area contributed by atoms with Crippen LogP contribution in [-0.2, 0) is 9.59 Å². The highest BCUT2D eigenvalue weighted by atomic mass is 16.3. The number of hydrogen-bond acceptors (Lipinski definition) is 4. The van der Waals surface area contributed by atoms with Crippen LogP contribution >= 0.6 is 0 Å². The summed E-state index contributed by atoms with van der Waals surface area (Å²) in [5.74, 6) is 0.538. The van der Waals surface area contributed by atoms with Gasteiger partial charge in [0.1, 0.15) is 5.41 Å². The summed E-state index contributed by atoms with van der Waals surface area (Å²) in [5, 5.41) is 18.1. The Morgan fingerprint density at radius 1 is 1.35 bits per heavy atom. The van der Waals surface area contributed by atoms with Gasteiger partial charge in [-0.1, -0.05) is 0 Å². The molecule has 2 amide bonds. The maximum atomic E-state index is 12.5. The Kier molecular flexibility index (Phi) is 4.58. The molecule has 3 aliphatic rings. The molecule has 0 radical (unpaired) electrons. The number of amides is 2. The second-order valence-corrected chi connectivity index (χ2v) is 7.12. The van der Waals surface area contributed by atoms with Gasteiger partial charge in [-0.15, -0.1) is 0 Å². The summed E-state index contributed by atoms with van der Waals surface area (Å²) in [6.07, 6.45) is 5.12. The molecule has 0 spiro atoms. The van der Waals surface area contributed by atoms with E-state index in [0.717, 1.165) is 25.7 Å². The Labute approximate surface area is 137 Å². The summed E-state index contributed by atoms with van der Waals surface area (Å²) in [6.45, 7) is 2.19. The molecule has 23 heavy (non-hydrogen) atoms. The zero-order valence-corrected chi connectivity index (χ0v) is 13.5. The minimum absolute atomic E-state index is 0.00202. The molecule has 1 aliphatic carbocycles. The summed E-state index contributed by atoms with van der Waals surface area (Å²) in [7, 11) is 0. The summed E-state index contributed by atoms with van der Waals surface area (Å²) in [4.78, 5) is 28.6. The lowest BCUT2D eigenvalue weighted by Crippen LogP contribution is -2.57. The molecule has 2 saturated heterocycles. The third-order valence-electron chi connectivity index (χ3n) is 5.61. The van der Waals surface area contributed by atoms with E-state index in [9.17, 15) is 14.9 Å². The number of carbonyl (C=O) groups is 2.